The van der Waals surface area contributed by atoms with Crippen molar-refractivity contribution in [3.63, 3.8) is 0 Å². The summed E-state index contributed by atoms with van der Waals surface area (Å²) in [5, 5.41) is 8.80. The van der Waals surface area contributed by atoms with E-state index in [1.54, 1.807) is 12.7 Å². The molecule has 3 heterocycles. The quantitative estimate of drug-likeness (QED) is 0.560. The van der Waals surface area contributed by atoms with Crippen LogP contribution in [0.3, 0.4) is 0 Å². The number of nitrogens with one attached hydrogen (secondary N) is 1. The van der Waals surface area contributed by atoms with Gasteiger partial charge in [-0.2, -0.15) is 0 Å². The first-order valence-electron chi connectivity index (χ1n) is 9.40. The van der Waals surface area contributed by atoms with E-state index in [1.807, 2.05) is 4.57 Å². The molecule has 8 nitrogen and oxygen atoms in total. The number of nitrogens with two attached hydrogens (primary N) is 1. The number of fused-ring (bicyclic) bond motifs is 1. The van der Waals surface area contributed by atoms with Crippen molar-refractivity contribution >= 4 is 29.2 Å². The van der Waals surface area contributed by atoms with Gasteiger partial charge in [-0.3, -0.25) is 13.9 Å². The van der Waals surface area contributed by atoms with E-state index < -0.39 is 0 Å². The van der Waals surface area contributed by atoms with Crippen molar-refractivity contribution in [2.24, 2.45) is 11.1 Å². The molecule has 142 valence electrons. The average Bonchev–Trinajstić information content (AvgIpc) is 3.32. The van der Waals surface area contributed by atoms with Crippen LogP contribution in [-0.2, 0) is 8.92 Å². The van der Waals surface area contributed by atoms with Crippen LogP contribution in [0.4, 0.5) is 5.82 Å². The molecule has 0 radical (unpaired) electrons. The Balaban J connectivity index is 1.45. The molecule has 0 amide bonds. The first-order chi connectivity index (χ1) is 12.8. The topological polar surface area (TPSA) is 100 Å². The van der Waals surface area contributed by atoms with Crippen molar-refractivity contribution in [3.8, 4) is 0 Å². The number of hydrogen-bond acceptors (Lipinski definition) is 8. The maximum absolute atomic E-state index is 6.06. The molecule has 1 aliphatic carbocycles. The lowest BCUT2D eigenvalue weighted by molar-refractivity contribution is -0.0128. The lowest BCUT2D eigenvalue weighted by Gasteiger charge is -2.22. The van der Waals surface area contributed by atoms with Gasteiger partial charge in [0, 0.05) is 6.54 Å². The van der Waals surface area contributed by atoms with Gasteiger partial charge in [0.2, 0.25) is 0 Å². The molecule has 0 spiro atoms. The molecule has 2 aromatic heterocycles. The molecular weight excluding hydrogens is 352 g/mol. The third-order valence-corrected chi connectivity index (χ3v) is 5.63. The van der Waals surface area contributed by atoms with Crippen LogP contribution in [0.1, 0.15) is 51.2 Å². The van der Waals surface area contributed by atoms with Gasteiger partial charge in [-0.05, 0) is 31.6 Å². The lowest BCUT2D eigenvalue weighted by atomic mass is 9.89. The van der Waals surface area contributed by atoms with Gasteiger partial charge in [0.05, 0.1) is 31.3 Å². The largest absolute Gasteiger partial charge is 0.368 e. The van der Waals surface area contributed by atoms with Crippen molar-refractivity contribution in [3.05, 3.63) is 12.7 Å². The van der Waals surface area contributed by atoms with Gasteiger partial charge in [-0.25, -0.2) is 15.0 Å². The second-order valence-corrected chi connectivity index (χ2v) is 7.53. The summed E-state index contributed by atoms with van der Waals surface area (Å²) in [6.07, 6.45) is 11.9. The Kier molecular flexibility index (Phi) is 5.88. The van der Waals surface area contributed by atoms with Crippen molar-refractivity contribution in [2.75, 3.05) is 18.5 Å². The maximum Gasteiger partial charge on any atom is 0.167 e. The summed E-state index contributed by atoms with van der Waals surface area (Å²) >= 11 is 0.881. The van der Waals surface area contributed by atoms with E-state index in [2.05, 4.69) is 20.3 Å². The minimum atomic E-state index is -0.0718. The number of nitrogens with zero attached hydrogens (tertiary/aromatic N) is 4. The molecular formula is C17H26N6O2S. The Morgan fingerprint density at radius 3 is 2.92 bits per heavy atom. The van der Waals surface area contributed by atoms with E-state index in [-0.39, 0.29) is 12.3 Å². The van der Waals surface area contributed by atoms with Crippen LogP contribution in [0, 0.1) is 5.92 Å². The molecule has 2 aromatic rings. The molecule has 1 saturated heterocycles. The van der Waals surface area contributed by atoms with E-state index in [4.69, 9.17) is 14.1 Å². The van der Waals surface area contributed by atoms with E-state index in [9.17, 15) is 0 Å². The van der Waals surface area contributed by atoms with Gasteiger partial charge in [-0.1, -0.05) is 19.3 Å². The Hall–Kier alpha value is -1.42. The Morgan fingerprint density at radius 2 is 2.08 bits per heavy atom. The van der Waals surface area contributed by atoms with Crippen LogP contribution in [0.25, 0.3) is 11.2 Å². The highest BCUT2D eigenvalue weighted by atomic mass is 32.2. The zero-order valence-electron chi connectivity index (χ0n) is 14.8. The molecule has 0 aromatic carbocycles. The maximum atomic E-state index is 6.06. The predicted octanol–water partition coefficient (Wildman–Crippen LogP) is 3.03. The molecule has 3 N–H and O–H groups in total. The van der Waals surface area contributed by atoms with Gasteiger partial charge < -0.3 is 10.1 Å². The van der Waals surface area contributed by atoms with E-state index in [0.717, 1.165) is 54.5 Å². The molecule has 26 heavy (non-hydrogen) atoms. The number of ether oxygens (including phenoxy) is 1. The third-order valence-electron chi connectivity index (χ3n) is 5.36. The SMILES string of the molecule is NSOCC1CCC(n2cnc3c(NCC4CCCCC4)ncnc32)O1. The zero-order chi connectivity index (χ0) is 17.8. The fraction of sp³-hybridized carbons (Fsp3) is 0.706. The summed E-state index contributed by atoms with van der Waals surface area (Å²) in [6.45, 7) is 1.45. The van der Waals surface area contributed by atoms with E-state index in [1.165, 1.54) is 32.1 Å². The van der Waals surface area contributed by atoms with Gasteiger partial charge in [0.25, 0.3) is 0 Å². The van der Waals surface area contributed by atoms with Crippen LogP contribution < -0.4 is 10.5 Å². The third kappa shape index (κ3) is 3.95. The van der Waals surface area contributed by atoms with Crippen LogP contribution in [0.5, 0.6) is 0 Å². The minimum absolute atomic E-state index is 0.0548. The Morgan fingerprint density at radius 1 is 1.19 bits per heavy atom. The number of anilines is 1. The molecule has 1 aliphatic heterocycles. The zero-order valence-corrected chi connectivity index (χ0v) is 15.7. The standard InChI is InChI=1S/C17H26N6O2S/c18-26-24-9-13-6-7-14(25-13)23-11-22-15-16(20-10-21-17(15)23)19-8-12-4-2-1-3-5-12/h10-14H,1-9,18H2,(H,19,20,21). The van der Waals surface area contributed by atoms with Crippen LogP contribution in [0.2, 0.25) is 0 Å². The highest BCUT2D eigenvalue weighted by Crippen LogP contribution is 2.32. The molecule has 0 bridgehead atoms. The van der Waals surface area contributed by atoms with Crippen molar-refractivity contribution in [1.29, 1.82) is 0 Å². The fourth-order valence-electron chi connectivity index (χ4n) is 3.95. The predicted molar refractivity (Wildman–Crippen MR) is 101 cm³/mol. The van der Waals surface area contributed by atoms with E-state index in [0.29, 0.717) is 6.61 Å². The molecule has 9 heteroatoms. The summed E-state index contributed by atoms with van der Waals surface area (Å²) in [6, 6.07) is 0. The summed E-state index contributed by atoms with van der Waals surface area (Å²) in [5.41, 5.74) is 1.62. The Labute approximate surface area is 157 Å². The molecule has 2 unspecified atom stereocenters. The summed E-state index contributed by atoms with van der Waals surface area (Å²) < 4.78 is 13.2. The summed E-state index contributed by atoms with van der Waals surface area (Å²) in [7, 11) is 0. The highest BCUT2D eigenvalue weighted by molar-refractivity contribution is 7.92. The van der Waals surface area contributed by atoms with Gasteiger partial charge in [-0.15, -0.1) is 0 Å². The smallest absolute Gasteiger partial charge is 0.167 e. The molecule has 2 aliphatic rings. The number of aromatic nitrogens is 4. The molecule has 2 atom stereocenters. The van der Waals surface area contributed by atoms with Gasteiger partial charge in [0.15, 0.2) is 17.0 Å². The van der Waals surface area contributed by atoms with Crippen LogP contribution in [0.15, 0.2) is 12.7 Å². The van der Waals surface area contributed by atoms with Gasteiger partial charge >= 0.3 is 0 Å². The second kappa shape index (κ2) is 8.51. The average molecular weight is 379 g/mol. The minimum Gasteiger partial charge on any atom is -0.368 e. The number of imidazole rings is 1. The van der Waals surface area contributed by atoms with Gasteiger partial charge in [0.1, 0.15) is 12.6 Å². The van der Waals surface area contributed by atoms with E-state index >= 15 is 0 Å². The first kappa shape index (κ1) is 18.0. The summed E-state index contributed by atoms with van der Waals surface area (Å²) in [4.78, 5) is 13.4. The number of hydrogen-bond donors (Lipinski definition) is 2. The van der Waals surface area contributed by atoms with Crippen LogP contribution in [-0.4, -0.2) is 38.8 Å². The fourth-order valence-corrected chi connectivity index (χ4v) is 4.18. The van der Waals surface area contributed by atoms with Crippen molar-refractivity contribution < 1.29 is 8.92 Å². The lowest BCUT2D eigenvalue weighted by Crippen LogP contribution is -2.18. The normalized spacial score (nSPS) is 24.3. The van der Waals surface area contributed by atoms with Crippen molar-refractivity contribution in [1.82, 2.24) is 19.5 Å². The number of rotatable bonds is 7. The Bertz CT molecular complexity index is 720. The first-order valence-corrected chi connectivity index (χ1v) is 10.2. The molecule has 1 saturated carbocycles. The molecule has 4 rings (SSSR count). The second-order valence-electron chi connectivity index (χ2n) is 7.10. The monoisotopic (exact) mass is 378 g/mol. The van der Waals surface area contributed by atoms with Crippen molar-refractivity contribution in [2.45, 2.75) is 57.3 Å². The molecule has 2 fully saturated rings. The highest BCUT2D eigenvalue weighted by Gasteiger charge is 2.28. The van der Waals surface area contributed by atoms with Crippen LogP contribution >= 0.6 is 12.2 Å². The summed E-state index contributed by atoms with van der Waals surface area (Å²) in [5.74, 6) is 1.55.